The molecule has 0 atom stereocenters. The van der Waals surface area contributed by atoms with E-state index in [1.165, 1.54) is 0 Å². The highest BCUT2D eigenvalue weighted by Crippen LogP contribution is 2.16. The average Bonchev–Trinajstić information content (AvgIpc) is 1.99. The van der Waals surface area contributed by atoms with Crippen LogP contribution in [0.2, 0.25) is 0 Å². The van der Waals surface area contributed by atoms with Crippen LogP contribution in [0, 0.1) is 5.41 Å². The molecule has 1 saturated heterocycles. The standard InChI is InChI=1S/C3H5N5O4S/c1-6-2(4)7-3(5)8-11-13(9,10)12-8/h1H2,(H3,4,5,7). The SMILES string of the molecule is C=N/C(N)=N/C(=N)N1OS(=O)(=O)O1. The molecule has 1 aliphatic heterocycles. The van der Waals surface area contributed by atoms with Crippen molar-refractivity contribution < 1.29 is 17.0 Å². The van der Waals surface area contributed by atoms with E-state index >= 15 is 0 Å². The van der Waals surface area contributed by atoms with E-state index in [9.17, 15) is 8.42 Å². The highest BCUT2D eigenvalue weighted by atomic mass is 32.3. The van der Waals surface area contributed by atoms with Gasteiger partial charge in [0.2, 0.25) is 5.96 Å². The number of guanidine groups is 2. The van der Waals surface area contributed by atoms with Gasteiger partial charge in [0, 0.05) is 0 Å². The average molecular weight is 207 g/mol. The maximum absolute atomic E-state index is 10.3. The van der Waals surface area contributed by atoms with Gasteiger partial charge in [-0.1, -0.05) is 8.57 Å². The van der Waals surface area contributed by atoms with Crippen molar-refractivity contribution in [2.45, 2.75) is 0 Å². The molecule has 0 saturated carbocycles. The Bertz CT molecular complexity index is 359. The number of nitrogens with two attached hydrogens (primary N) is 1. The second-order valence-electron chi connectivity index (χ2n) is 1.77. The number of nitrogens with one attached hydrogen (secondary N) is 1. The third-order valence-electron chi connectivity index (χ3n) is 0.873. The van der Waals surface area contributed by atoms with Crippen molar-refractivity contribution in [2.75, 3.05) is 0 Å². The summed E-state index contributed by atoms with van der Waals surface area (Å²) in [6.07, 6.45) is 0. The molecule has 1 rings (SSSR count). The van der Waals surface area contributed by atoms with E-state index in [1.807, 2.05) is 0 Å². The number of hydrogen-bond donors (Lipinski definition) is 2. The quantitative estimate of drug-likeness (QED) is 0.362. The Labute approximate surface area is 73.2 Å². The van der Waals surface area contributed by atoms with Crippen molar-refractivity contribution in [1.82, 2.24) is 5.23 Å². The summed E-state index contributed by atoms with van der Waals surface area (Å²) in [5.74, 6) is -0.957. The summed E-state index contributed by atoms with van der Waals surface area (Å²) >= 11 is 0. The van der Waals surface area contributed by atoms with E-state index in [2.05, 4.69) is 25.3 Å². The zero-order chi connectivity index (χ0) is 10.1. The van der Waals surface area contributed by atoms with Crippen molar-refractivity contribution in [1.29, 1.82) is 5.41 Å². The molecule has 0 aromatic rings. The molecule has 1 fully saturated rings. The topological polar surface area (TPSA) is 130 Å². The maximum atomic E-state index is 10.3. The first-order chi connectivity index (χ1) is 5.94. The van der Waals surface area contributed by atoms with Crippen LogP contribution in [0.15, 0.2) is 9.98 Å². The van der Waals surface area contributed by atoms with Crippen LogP contribution in [-0.2, 0) is 19.0 Å². The fraction of sp³-hybridized carbons (Fsp3) is 0. The van der Waals surface area contributed by atoms with E-state index in [-0.39, 0.29) is 11.2 Å². The first-order valence-corrected chi connectivity index (χ1v) is 4.11. The Kier molecular flexibility index (Phi) is 2.27. The highest BCUT2D eigenvalue weighted by molar-refractivity contribution is 7.82. The third kappa shape index (κ3) is 2.21. The summed E-state index contributed by atoms with van der Waals surface area (Å²) in [4.78, 5) is 6.40. The van der Waals surface area contributed by atoms with Gasteiger partial charge in [-0.3, -0.25) is 5.41 Å². The smallest absolute Gasteiger partial charge is 0.368 e. The molecule has 0 aliphatic carbocycles. The molecule has 1 heterocycles. The normalized spacial score (nSPS) is 20.6. The van der Waals surface area contributed by atoms with E-state index < -0.39 is 16.4 Å². The zero-order valence-corrected chi connectivity index (χ0v) is 6.98. The van der Waals surface area contributed by atoms with Gasteiger partial charge in [-0.05, 0) is 11.9 Å². The minimum absolute atomic E-state index is 0.257. The molecule has 0 radical (unpaired) electrons. The molecule has 13 heavy (non-hydrogen) atoms. The largest absolute Gasteiger partial charge is 0.446 e. The number of hydroxylamine groups is 2. The van der Waals surface area contributed by atoms with Gasteiger partial charge in [0.25, 0.3) is 5.96 Å². The van der Waals surface area contributed by atoms with E-state index in [4.69, 9.17) is 11.1 Å². The first kappa shape index (κ1) is 9.57. The number of nitrogens with zero attached hydrogens (tertiary/aromatic N) is 3. The molecule has 1 aliphatic rings. The molecule has 0 amide bonds. The summed E-state index contributed by atoms with van der Waals surface area (Å²) in [7, 11) is -3.99. The molecule has 0 spiro atoms. The van der Waals surface area contributed by atoms with Crippen LogP contribution in [0.5, 0.6) is 0 Å². The van der Waals surface area contributed by atoms with Gasteiger partial charge < -0.3 is 5.73 Å². The minimum Gasteiger partial charge on any atom is -0.368 e. The second kappa shape index (κ2) is 3.08. The predicted molar refractivity (Wildman–Crippen MR) is 41.8 cm³/mol. The lowest BCUT2D eigenvalue weighted by molar-refractivity contribution is -0.269. The Balaban J connectivity index is 2.58. The fourth-order valence-electron chi connectivity index (χ4n) is 0.427. The number of aliphatic imine (C=N–C) groups is 2. The van der Waals surface area contributed by atoms with Gasteiger partial charge in [0.1, 0.15) is 0 Å². The van der Waals surface area contributed by atoms with Crippen LogP contribution in [-0.4, -0.2) is 32.3 Å². The fourth-order valence-corrected chi connectivity index (χ4v) is 0.911. The van der Waals surface area contributed by atoms with Gasteiger partial charge in [-0.25, -0.2) is 4.99 Å². The van der Waals surface area contributed by atoms with Crippen LogP contribution in [0.25, 0.3) is 0 Å². The van der Waals surface area contributed by atoms with Crippen molar-refractivity contribution in [3.63, 3.8) is 0 Å². The van der Waals surface area contributed by atoms with Crippen molar-refractivity contribution in [3.8, 4) is 0 Å². The molecule has 0 aromatic heterocycles. The molecular formula is C3H5N5O4S. The summed E-state index contributed by atoms with van der Waals surface area (Å²) in [5.41, 5.74) is 5.05. The Hall–Kier alpha value is -1.52. The molecule has 9 nitrogen and oxygen atoms in total. The zero-order valence-electron chi connectivity index (χ0n) is 6.17. The maximum Gasteiger partial charge on any atom is 0.446 e. The van der Waals surface area contributed by atoms with Crippen LogP contribution >= 0.6 is 0 Å². The van der Waals surface area contributed by atoms with Crippen LogP contribution in [0.4, 0.5) is 0 Å². The Morgan fingerprint density at radius 3 is 2.46 bits per heavy atom. The minimum atomic E-state index is -3.99. The molecule has 3 N–H and O–H groups in total. The lowest BCUT2D eigenvalue weighted by Gasteiger charge is -2.24. The van der Waals surface area contributed by atoms with E-state index in [1.54, 1.807) is 0 Å². The summed E-state index contributed by atoms with van der Waals surface area (Å²) < 4.78 is 28.5. The summed E-state index contributed by atoms with van der Waals surface area (Å²) in [6, 6.07) is 0. The highest BCUT2D eigenvalue weighted by Gasteiger charge is 2.38. The lowest BCUT2D eigenvalue weighted by atomic mass is 10.9. The summed E-state index contributed by atoms with van der Waals surface area (Å²) in [5, 5.41) is 7.27. The predicted octanol–water partition coefficient (Wildman–Crippen LogP) is -1.64. The summed E-state index contributed by atoms with van der Waals surface area (Å²) in [6.45, 7) is 3.02. The van der Waals surface area contributed by atoms with Gasteiger partial charge >= 0.3 is 10.4 Å². The van der Waals surface area contributed by atoms with Crippen molar-refractivity contribution in [3.05, 3.63) is 0 Å². The molecule has 10 heteroatoms. The van der Waals surface area contributed by atoms with Gasteiger partial charge in [-0.2, -0.15) is 13.4 Å². The van der Waals surface area contributed by atoms with Crippen LogP contribution < -0.4 is 5.73 Å². The Morgan fingerprint density at radius 2 is 2.08 bits per heavy atom. The van der Waals surface area contributed by atoms with E-state index in [0.717, 1.165) is 0 Å². The van der Waals surface area contributed by atoms with Crippen molar-refractivity contribution in [2.24, 2.45) is 15.7 Å². The third-order valence-corrected chi connectivity index (χ3v) is 1.51. The van der Waals surface area contributed by atoms with E-state index in [0.29, 0.717) is 0 Å². The van der Waals surface area contributed by atoms with Gasteiger partial charge in [0.15, 0.2) is 0 Å². The molecular weight excluding hydrogens is 202 g/mol. The number of hydrogen-bond acceptors (Lipinski definition) is 5. The molecule has 72 valence electrons. The van der Waals surface area contributed by atoms with Crippen LogP contribution in [0.3, 0.4) is 0 Å². The van der Waals surface area contributed by atoms with Gasteiger partial charge in [0.05, 0.1) is 0 Å². The Morgan fingerprint density at radius 1 is 1.54 bits per heavy atom. The second-order valence-corrected chi connectivity index (χ2v) is 2.88. The van der Waals surface area contributed by atoms with Gasteiger partial charge in [-0.15, -0.1) is 0 Å². The molecule has 0 aromatic carbocycles. The number of rotatable bonds is 0. The monoisotopic (exact) mass is 207 g/mol. The molecule has 0 unspecified atom stereocenters. The van der Waals surface area contributed by atoms with Crippen LogP contribution in [0.1, 0.15) is 0 Å². The van der Waals surface area contributed by atoms with Crippen molar-refractivity contribution >= 4 is 29.0 Å². The lowest BCUT2D eigenvalue weighted by Crippen LogP contribution is -2.45. The molecule has 0 bridgehead atoms. The first-order valence-electron chi connectivity index (χ1n) is 2.78.